The summed E-state index contributed by atoms with van der Waals surface area (Å²) in [6, 6.07) is 9.05. The Morgan fingerprint density at radius 3 is 2.54 bits per heavy atom. The smallest absolute Gasteiger partial charge is 0.132 e. The predicted octanol–water partition coefficient (Wildman–Crippen LogP) is 6.46. The Balaban J connectivity index is 1.91. The minimum atomic E-state index is -1.63. The highest BCUT2D eigenvalue weighted by Crippen LogP contribution is 2.56. The van der Waals surface area contributed by atoms with E-state index < -0.39 is 8.24 Å². The monoisotopic (exact) mass is 355 g/mol. The fourth-order valence-corrected chi connectivity index (χ4v) is 11.5. The summed E-state index contributed by atoms with van der Waals surface area (Å²) in [7, 11) is -1.63. The molecule has 0 saturated heterocycles. The lowest BCUT2D eigenvalue weighted by Crippen LogP contribution is -2.58. The molecule has 0 fully saturated rings. The van der Waals surface area contributed by atoms with Gasteiger partial charge in [-0.05, 0) is 63.7 Å². The average molecular weight is 356 g/mol. The Morgan fingerprint density at radius 1 is 1.08 bits per heavy atom. The first-order valence-electron chi connectivity index (χ1n) is 9.31. The van der Waals surface area contributed by atoms with E-state index in [1.54, 1.807) is 21.6 Å². The third-order valence-corrected chi connectivity index (χ3v) is 10.4. The van der Waals surface area contributed by atoms with Crippen LogP contribution in [0.15, 0.2) is 29.8 Å². The van der Waals surface area contributed by atoms with Crippen molar-refractivity contribution in [1.29, 1.82) is 0 Å². The summed E-state index contributed by atoms with van der Waals surface area (Å²) in [5, 5.41) is 1.51. The Morgan fingerprint density at radius 2 is 1.79 bits per heavy atom. The van der Waals surface area contributed by atoms with Crippen LogP contribution in [0.2, 0.25) is 13.1 Å². The average Bonchev–Trinajstić information content (AvgIpc) is 2.98. The first-order valence-corrected chi connectivity index (χ1v) is 13.2. The molecule has 1 atom stereocenters. The molecule has 128 valence electrons. The lowest BCUT2D eigenvalue weighted by molar-refractivity contribution is 0.507. The van der Waals surface area contributed by atoms with Gasteiger partial charge in [-0.15, -0.1) is 11.3 Å². The maximum Gasteiger partial charge on any atom is 0.132 e. The van der Waals surface area contributed by atoms with E-state index in [4.69, 9.17) is 0 Å². The van der Waals surface area contributed by atoms with E-state index in [0.29, 0.717) is 5.54 Å². The molecule has 1 unspecified atom stereocenters. The molecule has 0 radical (unpaired) electrons. The molecule has 2 aliphatic carbocycles. The van der Waals surface area contributed by atoms with Gasteiger partial charge in [0.2, 0.25) is 0 Å². The third kappa shape index (κ3) is 2.61. The van der Waals surface area contributed by atoms with Gasteiger partial charge < -0.3 is 4.98 Å². The molecule has 1 N–H and O–H groups in total. The van der Waals surface area contributed by atoms with Gasteiger partial charge in [-0.1, -0.05) is 36.9 Å². The largest absolute Gasteiger partial charge is 0.332 e. The van der Waals surface area contributed by atoms with Crippen molar-refractivity contribution < 1.29 is 0 Å². The highest BCUT2D eigenvalue weighted by atomic mass is 32.1. The molecule has 4 rings (SSSR count). The molecule has 1 aromatic heterocycles. The minimum absolute atomic E-state index is 0.185. The normalized spacial score (nSPS) is 21.3. The molecule has 0 bridgehead atoms. The summed E-state index contributed by atoms with van der Waals surface area (Å²) in [6.07, 6.45) is 5.35. The SMILES string of the molecule is CC(C)(C)N[Si](C)(C)C1C2=C(CCCC2)c2c1sc1ccccc21. The number of allylic oxidation sites excluding steroid dienone is 2. The van der Waals surface area contributed by atoms with Crippen molar-refractivity contribution in [2.45, 2.75) is 70.6 Å². The summed E-state index contributed by atoms with van der Waals surface area (Å²) in [5.41, 5.74) is 5.99. The highest BCUT2D eigenvalue weighted by Gasteiger charge is 2.46. The fraction of sp³-hybridized carbons (Fsp3) is 0.524. The summed E-state index contributed by atoms with van der Waals surface area (Å²) in [6.45, 7) is 12.0. The van der Waals surface area contributed by atoms with Crippen molar-refractivity contribution in [2.24, 2.45) is 0 Å². The zero-order valence-electron chi connectivity index (χ0n) is 15.6. The van der Waals surface area contributed by atoms with Crippen LogP contribution in [0, 0.1) is 0 Å². The van der Waals surface area contributed by atoms with Crippen LogP contribution in [0.25, 0.3) is 15.7 Å². The van der Waals surface area contributed by atoms with E-state index in [1.807, 2.05) is 0 Å². The molecule has 0 aliphatic heterocycles. The zero-order chi connectivity index (χ0) is 17.1. The number of thiophene rings is 1. The Kier molecular flexibility index (Phi) is 3.83. The fourth-order valence-electron chi connectivity index (χ4n) is 5.07. The third-order valence-electron chi connectivity index (χ3n) is 5.46. The van der Waals surface area contributed by atoms with Crippen molar-refractivity contribution in [3.63, 3.8) is 0 Å². The standard InChI is InChI=1S/C21H29NSSi/c1-21(2,3)22-24(4,5)20-15-11-7-6-10-14(15)18-16-12-8-9-13-17(16)23-19(18)20/h8-9,12-13,20,22H,6-7,10-11H2,1-5H3. The van der Waals surface area contributed by atoms with Crippen molar-refractivity contribution >= 4 is 35.2 Å². The van der Waals surface area contributed by atoms with Crippen LogP contribution in [0.1, 0.15) is 62.4 Å². The van der Waals surface area contributed by atoms with E-state index in [1.165, 1.54) is 35.8 Å². The number of hydrogen-bond donors (Lipinski definition) is 1. The molecule has 0 amide bonds. The van der Waals surface area contributed by atoms with Gasteiger partial charge in [-0.2, -0.15) is 0 Å². The number of nitrogens with one attached hydrogen (secondary N) is 1. The predicted molar refractivity (Wildman–Crippen MR) is 110 cm³/mol. The summed E-state index contributed by atoms with van der Waals surface area (Å²) in [5.74, 6) is 0. The second kappa shape index (κ2) is 5.55. The molecule has 1 nitrogen and oxygen atoms in total. The first kappa shape index (κ1) is 16.6. The van der Waals surface area contributed by atoms with Gasteiger partial charge in [-0.3, -0.25) is 0 Å². The van der Waals surface area contributed by atoms with Gasteiger partial charge in [-0.25, -0.2) is 0 Å². The van der Waals surface area contributed by atoms with Crippen LogP contribution in [0.4, 0.5) is 0 Å². The number of benzene rings is 1. The Bertz CT molecular complexity index is 822. The molecular formula is C21H29NSSi. The van der Waals surface area contributed by atoms with Gasteiger partial charge in [0.25, 0.3) is 0 Å². The van der Waals surface area contributed by atoms with Crippen molar-refractivity contribution in [1.82, 2.24) is 4.98 Å². The van der Waals surface area contributed by atoms with E-state index in [9.17, 15) is 0 Å². The molecule has 1 aromatic carbocycles. The highest BCUT2D eigenvalue weighted by molar-refractivity contribution is 7.20. The maximum absolute atomic E-state index is 4.07. The summed E-state index contributed by atoms with van der Waals surface area (Å²) >= 11 is 2.07. The lowest BCUT2D eigenvalue weighted by Gasteiger charge is -2.39. The minimum Gasteiger partial charge on any atom is -0.332 e. The topological polar surface area (TPSA) is 12.0 Å². The van der Waals surface area contributed by atoms with Gasteiger partial charge in [0.15, 0.2) is 0 Å². The molecular weight excluding hydrogens is 326 g/mol. The van der Waals surface area contributed by atoms with Crippen molar-refractivity contribution in [3.8, 4) is 0 Å². The second-order valence-electron chi connectivity index (χ2n) is 9.08. The maximum atomic E-state index is 4.07. The van der Waals surface area contributed by atoms with E-state index in [2.05, 4.69) is 74.4 Å². The first-order chi connectivity index (χ1) is 11.3. The Labute approximate surface area is 151 Å². The van der Waals surface area contributed by atoms with Crippen LogP contribution in [0.3, 0.4) is 0 Å². The quantitative estimate of drug-likeness (QED) is 0.610. The van der Waals surface area contributed by atoms with E-state index in [-0.39, 0.29) is 5.54 Å². The van der Waals surface area contributed by atoms with Crippen molar-refractivity contribution in [3.05, 3.63) is 40.3 Å². The van der Waals surface area contributed by atoms with Gasteiger partial charge in [0.1, 0.15) is 8.24 Å². The van der Waals surface area contributed by atoms with Crippen LogP contribution < -0.4 is 4.98 Å². The molecule has 0 saturated carbocycles. The zero-order valence-corrected chi connectivity index (χ0v) is 17.4. The summed E-state index contributed by atoms with van der Waals surface area (Å²) < 4.78 is 1.48. The number of fused-ring (bicyclic) bond motifs is 4. The van der Waals surface area contributed by atoms with Gasteiger partial charge in [0, 0.05) is 26.0 Å². The van der Waals surface area contributed by atoms with Gasteiger partial charge >= 0.3 is 0 Å². The van der Waals surface area contributed by atoms with Crippen molar-refractivity contribution in [2.75, 3.05) is 0 Å². The molecule has 2 aliphatic rings. The van der Waals surface area contributed by atoms with E-state index in [0.717, 1.165) is 0 Å². The van der Waals surface area contributed by atoms with Gasteiger partial charge in [0.05, 0.1) is 0 Å². The number of rotatable bonds is 2. The lowest BCUT2D eigenvalue weighted by atomic mass is 9.91. The van der Waals surface area contributed by atoms with Crippen LogP contribution in [-0.2, 0) is 0 Å². The molecule has 0 spiro atoms. The van der Waals surface area contributed by atoms with Crippen LogP contribution >= 0.6 is 11.3 Å². The molecule has 24 heavy (non-hydrogen) atoms. The summed E-state index contributed by atoms with van der Waals surface area (Å²) in [4.78, 5) is 5.74. The number of hydrogen-bond acceptors (Lipinski definition) is 2. The Hall–Kier alpha value is -0.903. The van der Waals surface area contributed by atoms with Crippen LogP contribution in [0.5, 0.6) is 0 Å². The van der Waals surface area contributed by atoms with Crippen LogP contribution in [-0.4, -0.2) is 13.8 Å². The molecule has 3 heteroatoms. The second-order valence-corrected chi connectivity index (χ2v) is 14.4. The van der Waals surface area contributed by atoms with E-state index >= 15 is 0 Å². The molecule has 1 heterocycles. The molecule has 2 aromatic rings.